The smallest absolute Gasteiger partial charge is 0.416 e. The lowest BCUT2D eigenvalue weighted by atomic mass is 10.0. The lowest BCUT2D eigenvalue weighted by Gasteiger charge is -2.39. The Hall–Kier alpha value is -2.54. The molecule has 0 atom stereocenters. The minimum atomic E-state index is -4.35. The number of amides is 1. The largest absolute Gasteiger partial charge is 0.444 e. The average Bonchev–Trinajstić information content (AvgIpc) is 2.74. The molecule has 0 saturated carbocycles. The molecule has 0 aromatic heterocycles. The Labute approximate surface area is 194 Å². The van der Waals surface area contributed by atoms with Gasteiger partial charge in [0, 0.05) is 32.2 Å². The molecule has 7 heteroatoms. The van der Waals surface area contributed by atoms with Gasteiger partial charge in [-0.1, -0.05) is 42.5 Å². The number of likely N-dealkylation sites (tertiary alicyclic amines) is 1. The van der Waals surface area contributed by atoms with Gasteiger partial charge in [0.15, 0.2) is 0 Å². The molecule has 1 amide bonds. The van der Waals surface area contributed by atoms with E-state index in [1.54, 1.807) is 4.90 Å². The summed E-state index contributed by atoms with van der Waals surface area (Å²) < 4.78 is 44.2. The van der Waals surface area contributed by atoms with Crippen LogP contribution in [0.2, 0.25) is 0 Å². The van der Waals surface area contributed by atoms with Gasteiger partial charge in [-0.3, -0.25) is 4.90 Å². The van der Waals surface area contributed by atoms with Gasteiger partial charge in [-0.25, -0.2) is 4.79 Å². The van der Waals surface area contributed by atoms with Crippen molar-refractivity contribution in [3.63, 3.8) is 0 Å². The van der Waals surface area contributed by atoms with E-state index in [2.05, 4.69) is 17.0 Å². The van der Waals surface area contributed by atoms with E-state index in [1.165, 1.54) is 17.7 Å². The first-order chi connectivity index (χ1) is 15.5. The summed E-state index contributed by atoms with van der Waals surface area (Å²) in [7, 11) is 0. The Bertz CT molecular complexity index is 884. The third-order valence-corrected chi connectivity index (χ3v) is 5.80. The molecule has 1 saturated heterocycles. The van der Waals surface area contributed by atoms with E-state index >= 15 is 0 Å². The van der Waals surface area contributed by atoms with E-state index < -0.39 is 17.3 Å². The number of piperidine rings is 1. The van der Waals surface area contributed by atoms with Crippen LogP contribution < -0.4 is 0 Å². The molecule has 1 aliphatic rings. The topological polar surface area (TPSA) is 32.8 Å². The van der Waals surface area contributed by atoms with E-state index in [0.29, 0.717) is 13.0 Å². The third kappa shape index (κ3) is 7.77. The minimum Gasteiger partial charge on any atom is -0.444 e. The van der Waals surface area contributed by atoms with Crippen LogP contribution in [0.4, 0.5) is 18.0 Å². The maximum Gasteiger partial charge on any atom is 0.416 e. The molecular weight excluding hydrogens is 429 g/mol. The molecule has 0 N–H and O–H groups in total. The Balaban J connectivity index is 1.62. The zero-order valence-electron chi connectivity index (χ0n) is 19.6. The molecule has 0 spiro atoms. The first kappa shape index (κ1) is 25.1. The highest BCUT2D eigenvalue weighted by Crippen LogP contribution is 2.29. The number of ether oxygens (including phenoxy) is 1. The van der Waals surface area contributed by atoms with Gasteiger partial charge >= 0.3 is 12.3 Å². The maximum absolute atomic E-state index is 13.0. The van der Waals surface area contributed by atoms with Crippen LogP contribution in [-0.4, -0.2) is 47.2 Å². The second-order valence-corrected chi connectivity index (χ2v) is 9.61. The van der Waals surface area contributed by atoms with Crippen molar-refractivity contribution in [1.82, 2.24) is 9.80 Å². The van der Waals surface area contributed by atoms with Gasteiger partial charge in [0.2, 0.25) is 0 Å². The number of hydrogen-bond acceptors (Lipinski definition) is 3. The molecule has 0 bridgehead atoms. The van der Waals surface area contributed by atoms with E-state index in [0.717, 1.165) is 50.2 Å². The van der Waals surface area contributed by atoms with Crippen molar-refractivity contribution in [3.05, 3.63) is 71.3 Å². The zero-order valence-corrected chi connectivity index (χ0v) is 19.6. The fourth-order valence-corrected chi connectivity index (χ4v) is 4.08. The number of hydrogen-bond donors (Lipinski definition) is 0. The molecule has 2 aromatic rings. The van der Waals surface area contributed by atoms with Crippen LogP contribution in [0.15, 0.2) is 54.6 Å². The SMILES string of the molecule is CC(C)(C)OC(=O)N(CCc1ccc(C(F)(F)F)cc1)C1CCN(Cc2ccccc2)CC1. The van der Waals surface area contributed by atoms with Gasteiger partial charge in [-0.2, -0.15) is 13.2 Å². The molecule has 1 fully saturated rings. The number of rotatable bonds is 6. The van der Waals surface area contributed by atoms with Crippen molar-refractivity contribution in [2.75, 3.05) is 19.6 Å². The number of carbonyl (C=O) groups excluding carboxylic acids is 1. The van der Waals surface area contributed by atoms with E-state index in [9.17, 15) is 18.0 Å². The summed E-state index contributed by atoms with van der Waals surface area (Å²) in [6.07, 6.45) is -2.58. The monoisotopic (exact) mass is 462 g/mol. The Kier molecular flexibility index (Phi) is 8.05. The van der Waals surface area contributed by atoms with Gasteiger partial charge in [-0.15, -0.1) is 0 Å². The predicted octanol–water partition coefficient (Wildman–Crippen LogP) is 6.15. The fraction of sp³-hybridized carbons (Fsp3) is 0.500. The van der Waals surface area contributed by atoms with Gasteiger partial charge in [-0.05, 0) is 63.3 Å². The summed E-state index contributed by atoms with van der Waals surface area (Å²) in [5.74, 6) is 0. The first-order valence-electron chi connectivity index (χ1n) is 11.4. The molecule has 1 heterocycles. The van der Waals surface area contributed by atoms with Crippen LogP contribution in [0.1, 0.15) is 50.3 Å². The number of alkyl halides is 3. The molecule has 0 aliphatic carbocycles. The molecule has 33 heavy (non-hydrogen) atoms. The lowest BCUT2D eigenvalue weighted by Crippen LogP contribution is -2.49. The van der Waals surface area contributed by atoms with Gasteiger partial charge in [0.25, 0.3) is 0 Å². The second kappa shape index (κ2) is 10.6. The van der Waals surface area contributed by atoms with Crippen LogP contribution in [0.3, 0.4) is 0 Å². The van der Waals surface area contributed by atoms with Gasteiger partial charge in [0.05, 0.1) is 5.56 Å². The lowest BCUT2D eigenvalue weighted by molar-refractivity contribution is -0.137. The van der Waals surface area contributed by atoms with E-state index in [4.69, 9.17) is 4.74 Å². The highest BCUT2D eigenvalue weighted by Gasteiger charge is 2.32. The summed E-state index contributed by atoms with van der Waals surface area (Å²) >= 11 is 0. The number of benzene rings is 2. The van der Waals surface area contributed by atoms with Crippen molar-refractivity contribution in [3.8, 4) is 0 Å². The zero-order chi connectivity index (χ0) is 24.1. The van der Waals surface area contributed by atoms with Crippen LogP contribution in [0, 0.1) is 0 Å². The van der Waals surface area contributed by atoms with Gasteiger partial charge < -0.3 is 9.64 Å². The molecule has 4 nitrogen and oxygen atoms in total. The summed E-state index contributed by atoms with van der Waals surface area (Å²) in [6.45, 7) is 8.54. The summed E-state index contributed by atoms with van der Waals surface area (Å²) in [5, 5.41) is 0. The number of nitrogens with zero attached hydrogens (tertiary/aromatic N) is 2. The summed E-state index contributed by atoms with van der Waals surface area (Å²) in [5.41, 5.74) is 0.749. The molecule has 0 radical (unpaired) electrons. The maximum atomic E-state index is 13.0. The van der Waals surface area contributed by atoms with Crippen LogP contribution in [-0.2, 0) is 23.9 Å². The molecule has 0 unspecified atom stereocenters. The van der Waals surface area contributed by atoms with Crippen molar-refractivity contribution in [1.29, 1.82) is 0 Å². The number of halogens is 3. The standard InChI is InChI=1S/C26H33F3N2O2/c1-25(2,3)33-24(32)31(18-13-20-9-11-22(12-10-20)26(27,28)29)23-14-16-30(17-15-23)19-21-7-5-4-6-8-21/h4-12,23H,13-19H2,1-3H3. The first-order valence-corrected chi connectivity index (χ1v) is 11.4. The van der Waals surface area contributed by atoms with Crippen molar-refractivity contribution in [2.24, 2.45) is 0 Å². The Morgan fingerprint density at radius 1 is 0.970 bits per heavy atom. The minimum absolute atomic E-state index is 0.0429. The second-order valence-electron chi connectivity index (χ2n) is 9.61. The van der Waals surface area contributed by atoms with Crippen molar-refractivity contribution >= 4 is 6.09 Å². The Morgan fingerprint density at radius 3 is 2.12 bits per heavy atom. The Morgan fingerprint density at radius 2 is 1.58 bits per heavy atom. The highest BCUT2D eigenvalue weighted by atomic mass is 19.4. The summed E-state index contributed by atoms with van der Waals surface area (Å²) in [4.78, 5) is 17.1. The summed E-state index contributed by atoms with van der Waals surface area (Å²) in [6, 6.07) is 15.5. The van der Waals surface area contributed by atoms with Crippen molar-refractivity contribution in [2.45, 2.75) is 64.4 Å². The predicted molar refractivity (Wildman–Crippen MR) is 123 cm³/mol. The highest BCUT2D eigenvalue weighted by molar-refractivity contribution is 5.68. The average molecular weight is 463 g/mol. The fourth-order valence-electron chi connectivity index (χ4n) is 4.08. The molecule has 3 rings (SSSR count). The quantitative estimate of drug-likeness (QED) is 0.516. The molecular formula is C26H33F3N2O2. The third-order valence-electron chi connectivity index (χ3n) is 5.80. The van der Waals surface area contributed by atoms with Crippen LogP contribution >= 0.6 is 0 Å². The van der Waals surface area contributed by atoms with Crippen LogP contribution in [0.25, 0.3) is 0 Å². The molecule has 2 aromatic carbocycles. The van der Waals surface area contributed by atoms with Gasteiger partial charge in [0.1, 0.15) is 5.60 Å². The normalized spacial score (nSPS) is 15.9. The molecule has 180 valence electrons. The molecule has 1 aliphatic heterocycles. The van der Waals surface area contributed by atoms with Crippen LogP contribution in [0.5, 0.6) is 0 Å². The number of carbonyl (C=O) groups is 1. The van der Waals surface area contributed by atoms with E-state index in [-0.39, 0.29) is 12.1 Å². The van der Waals surface area contributed by atoms with Crippen molar-refractivity contribution < 1.29 is 22.7 Å². The van der Waals surface area contributed by atoms with E-state index in [1.807, 2.05) is 39.0 Å².